The molecular weight excluding hydrogens is 292 g/mol. The van der Waals surface area contributed by atoms with E-state index >= 15 is 0 Å². The third-order valence-corrected chi connectivity index (χ3v) is 3.67. The van der Waals surface area contributed by atoms with Crippen LogP contribution in [0.25, 0.3) is 10.9 Å². The van der Waals surface area contributed by atoms with Crippen molar-refractivity contribution in [3.05, 3.63) is 65.9 Å². The first-order chi connectivity index (χ1) is 11.1. The van der Waals surface area contributed by atoms with E-state index in [2.05, 4.69) is 9.98 Å². The molecule has 0 saturated carbocycles. The monoisotopic (exact) mass is 308 g/mol. The number of para-hydroxylation sites is 1. The zero-order valence-corrected chi connectivity index (χ0v) is 12.3. The number of hydrogen-bond donors (Lipinski definition) is 3. The number of rotatable bonds is 5. The SMILES string of the molecule is O=C(O)C(Cc1c[nH]c2ccccc12)N=Cc1ccc(O)cc1. The highest BCUT2D eigenvalue weighted by atomic mass is 16.4. The van der Waals surface area contributed by atoms with Gasteiger partial charge in [0.1, 0.15) is 5.75 Å². The summed E-state index contributed by atoms with van der Waals surface area (Å²) in [7, 11) is 0. The zero-order chi connectivity index (χ0) is 16.2. The van der Waals surface area contributed by atoms with Crippen molar-refractivity contribution in [2.24, 2.45) is 4.99 Å². The summed E-state index contributed by atoms with van der Waals surface area (Å²) >= 11 is 0. The highest BCUT2D eigenvalue weighted by Crippen LogP contribution is 2.20. The zero-order valence-electron chi connectivity index (χ0n) is 12.3. The third-order valence-electron chi connectivity index (χ3n) is 3.67. The van der Waals surface area contributed by atoms with Gasteiger partial charge in [-0.25, -0.2) is 4.79 Å². The maximum absolute atomic E-state index is 11.5. The molecule has 0 bridgehead atoms. The van der Waals surface area contributed by atoms with Crippen LogP contribution in [0.1, 0.15) is 11.1 Å². The lowest BCUT2D eigenvalue weighted by Gasteiger charge is -2.06. The molecule has 23 heavy (non-hydrogen) atoms. The van der Waals surface area contributed by atoms with E-state index in [9.17, 15) is 15.0 Å². The minimum absolute atomic E-state index is 0.163. The number of aromatic amines is 1. The summed E-state index contributed by atoms with van der Waals surface area (Å²) in [6.07, 6.45) is 3.66. The molecule has 0 aliphatic carbocycles. The molecule has 1 unspecified atom stereocenters. The van der Waals surface area contributed by atoms with Crippen LogP contribution in [0.15, 0.2) is 59.7 Å². The van der Waals surface area contributed by atoms with Crippen molar-refractivity contribution in [3.8, 4) is 5.75 Å². The Kier molecular flexibility index (Phi) is 4.10. The van der Waals surface area contributed by atoms with Crippen LogP contribution in [0.3, 0.4) is 0 Å². The number of phenols is 1. The Balaban J connectivity index is 1.82. The van der Waals surface area contributed by atoms with Gasteiger partial charge < -0.3 is 15.2 Å². The smallest absolute Gasteiger partial charge is 0.328 e. The molecule has 0 saturated heterocycles. The molecule has 5 heteroatoms. The van der Waals surface area contributed by atoms with Gasteiger partial charge in [0.25, 0.3) is 0 Å². The van der Waals surface area contributed by atoms with E-state index in [0.717, 1.165) is 22.0 Å². The fourth-order valence-corrected chi connectivity index (χ4v) is 2.45. The van der Waals surface area contributed by atoms with Crippen molar-refractivity contribution < 1.29 is 15.0 Å². The van der Waals surface area contributed by atoms with Gasteiger partial charge >= 0.3 is 5.97 Å². The van der Waals surface area contributed by atoms with Gasteiger partial charge in [-0.3, -0.25) is 4.99 Å². The van der Waals surface area contributed by atoms with E-state index in [4.69, 9.17) is 0 Å². The van der Waals surface area contributed by atoms with Crippen molar-refractivity contribution in [1.29, 1.82) is 0 Å². The van der Waals surface area contributed by atoms with Crippen LogP contribution in [-0.2, 0) is 11.2 Å². The minimum Gasteiger partial charge on any atom is -0.508 e. The van der Waals surface area contributed by atoms with Crippen LogP contribution in [-0.4, -0.2) is 33.4 Å². The number of aliphatic imine (C=N–C) groups is 1. The van der Waals surface area contributed by atoms with Crippen LogP contribution in [0, 0.1) is 0 Å². The average Bonchev–Trinajstić information content (AvgIpc) is 2.96. The summed E-state index contributed by atoms with van der Waals surface area (Å²) < 4.78 is 0. The molecule has 0 radical (unpaired) electrons. The number of benzene rings is 2. The molecule has 1 atom stereocenters. The second-order valence-corrected chi connectivity index (χ2v) is 5.29. The van der Waals surface area contributed by atoms with Crippen molar-refractivity contribution >= 4 is 23.1 Å². The summed E-state index contributed by atoms with van der Waals surface area (Å²) in [6.45, 7) is 0. The number of phenolic OH excluding ortho intramolecular Hbond substituents is 1. The second-order valence-electron chi connectivity index (χ2n) is 5.29. The quantitative estimate of drug-likeness (QED) is 0.633. The molecule has 2 aromatic carbocycles. The molecule has 0 aliphatic rings. The van der Waals surface area contributed by atoms with Crippen LogP contribution < -0.4 is 0 Å². The number of carboxylic acids is 1. The van der Waals surface area contributed by atoms with E-state index in [-0.39, 0.29) is 5.75 Å². The maximum Gasteiger partial charge on any atom is 0.328 e. The molecule has 3 rings (SSSR count). The molecule has 0 fully saturated rings. The lowest BCUT2D eigenvalue weighted by Crippen LogP contribution is -2.20. The van der Waals surface area contributed by atoms with E-state index in [1.54, 1.807) is 12.1 Å². The number of nitrogens with zero attached hydrogens (tertiary/aromatic N) is 1. The van der Waals surface area contributed by atoms with Crippen molar-refractivity contribution in [2.45, 2.75) is 12.5 Å². The maximum atomic E-state index is 11.5. The van der Waals surface area contributed by atoms with Gasteiger partial charge in [0.05, 0.1) is 0 Å². The first-order valence-corrected chi connectivity index (χ1v) is 7.23. The molecule has 0 amide bonds. The first-order valence-electron chi connectivity index (χ1n) is 7.23. The second kappa shape index (κ2) is 6.36. The lowest BCUT2D eigenvalue weighted by atomic mass is 10.1. The number of carbonyl (C=O) groups is 1. The molecule has 3 N–H and O–H groups in total. The Bertz CT molecular complexity index is 850. The summed E-state index contributed by atoms with van der Waals surface area (Å²) in [6, 6.07) is 13.4. The summed E-state index contributed by atoms with van der Waals surface area (Å²) in [4.78, 5) is 18.8. The topological polar surface area (TPSA) is 85.7 Å². The normalized spacial score (nSPS) is 12.7. The summed E-state index contributed by atoms with van der Waals surface area (Å²) in [5.74, 6) is -0.805. The molecule has 1 aromatic heterocycles. The van der Waals surface area contributed by atoms with E-state index in [1.807, 2.05) is 30.5 Å². The van der Waals surface area contributed by atoms with E-state index in [0.29, 0.717) is 6.42 Å². The number of fused-ring (bicyclic) bond motifs is 1. The summed E-state index contributed by atoms with van der Waals surface area (Å²) in [5.41, 5.74) is 2.65. The lowest BCUT2D eigenvalue weighted by molar-refractivity contribution is -0.138. The Morgan fingerprint density at radius 2 is 1.91 bits per heavy atom. The van der Waals surface area contributed by atoms with Crippen LogP contribution in [0.2, 0.25) is 0 Å². The molecule has 0 spiro atoms. The summed E-state index contributed by atoms with van der Waals surface area (Å²) in [5, 5.41) is 19.7. The van der Waals surface area contributed by atoms with Gasteiger partial charge in [0, 0.05) is 29.7 Å². The number of H-pyrrole nitrogens is 1. The van der Waals surface area contributed by atoms with Gasteiger partial charge in [0.2, 0.25) is 0 Å². The van der Waals surface area contributed by atoms with Crippen molar-refractivity contribution in [3.63, 3.8) is 0 Å². The van der Waals surface area contributed by atoms with Gasteiger partial charge in [-0.05, 0) is 41.5 Å². The Labute approximate surface area is 132 Å². The molecule has 5 nitrogen and oxygen atoms in total. The van der Waals surface area contributed by atoms with Gasteiger partial charge in [-0.1, -0.05) is 18.2 Å². The molecule has 1 heterocycles. The highest BCUT2D eigenvalue weighted by Gasteiger charge is 2.18. The van der Waals surface area contributed by atoms with Crippen molar-refractivity contribution in [2.75, 3.05) is 0 Å². The number of aromatic hydroxyl groups is 1. The fourth-order valence-electron chi connectivity index (χ4n) is 2.45. The van der Waals surface area contributed by atoms with Crippen LogP contribution >= 0.6 is 0 Å². The minimum atomic E-state index is -0.967. The molecular formula is C18H16N2O3. The van der Waals surface area contributed by atoms with Crippen LogP contribution in [0.4, 0.5) is 0 Å². The van der Waals surface area contributed by atoms with E-state index in [1.165, 1.54) is 18.3 Å². The van der Waals surface area contributed by atoms with Gasteiger partial charge in [0.15, 0.2) is 6.04 Å². The largest absolute Gasteiger partial charge is 0.508 e. The highest BCUT2D eigenvalue weighted by molar-refractivity contribution is 5.86. The number of nitrogens with one attached hydrogen (secondary N) is 1. The molecule has 116 valence electrons. The number of carboxylic acid groups (broad SMARTS) is 1. The van der Waals surface area contributed by atoms with Gasteiger partial charge in [-0.15, -0.1) is 0 Å². The van der Waals surface area contributed by atoms with E-state index < -0.39 is 12.0 Å². The number of aromatic nitrogens is 1. The molecule has 0 aliphatic heterocycles. The Morgan fingerprint density at radius 3 is 2.65 bits per heavy atom. The number of hydrogen-bond acceptors (Lipinski definition) is 3. The third kappa shape index (κ3) is 3.40. The standard InChI is InChI=1S/C18H16N2O3/c21-14-7-5-12(6-8-14)10-19-17(18(22)23)9-13-11-20-16-4-2-1-3-15(13)16/h1-8,10-11,17,20-21H,9H2,(H,22,23). The van der Waals surface area contributed by atoms with Gasteiger partial charge in [-0.2, -0.15) is 0 Å². The van der Waals surface area contributed by atoms with Crippen LogP contribution in [0.5, 0.6) is 5.75 Å². The average molecular weight is 308 g/mol. The predicted octanol–water partition coefficient (Wildman–Crippen LogP) is 2.99. The Hall–Kier alpha value is -3.08. The number of aliphatic carboxylic acids is 1. The Morgan fingerprint density at radius 1 is 1.17 bits per heavy atom. The predicted molar refractivity (Wildman–Crippen MR) is 89.1 cm³/mol. The molecule has 3 aromatic rings. The first kappa shape index (κ1) is 14.8. The van der Waals surface area contributed by atoms with Crippen molar-refractivity contribution in [1.82, 2.24) is 4.98 Å². The fraction of sp³-hybridized carbons (Fsp3) is 0.111.